The predicted molar refractivity (Wildman–Crippen MR) is 83.4 cm³/mol. The molecule has 1 aromatic rings. The molecule has 0 saturated carbocycles. The Hall–Kier alpha value is -1.33. The van der Waals surface area contributed by atoms with E-state index in [-0.39, 0.29) is 23.4 Å². The van der Waals surface area contributed by atoms with Gasteiger partial charge in [0.05, 0.1) is 16.2 Å². The molecule has 1 amide bonds. The number of anilines is 1. The number of carbonyl (C=O) groups is 1. The minimum Gasteiger partial charge on any atom is -0.384 e. The van der Waals surface area contributed by atoms with Crippen LogP contribution < -0.4 is 11.1 Å². The van der Waals surface area contributed by atoms with Gasteiger partial charge in [-0.2, -0.15) is 0 Å². The molecule has 1 fully saturated rings. The number of halogens is 1. The van der Waals surface area contributed by atoms with E-state index in [1.807, 2.05) is 0 Å². The van der Waals surface area contributed by atoms with Crippen molar-refractivity contribution >= 4 is 23.3 Å². The molecule has 6 heteroatoms. The van der Waals surface area contributed by atoms with Crippen molar-refractivity contribution in [2.75, 3.05) is 12.3 Å². The molecular weight excluding hydrogens is 290 g/mol. The van der Waals surface area contributed by atoms with Gasteiger partial charge in [0.2, 0.25) is 0 Å². The summed E-state index contributed by atoms with van der Waals surface area (Å²) in [5.41, 5.74) is 5.86. The second kappa shape index (κ2) is 6.62. The van der Waals surface area contributed by atoms with Gasteiger partial charge in [0.25, 0.3) is 5.91 Å². The topological polar surface area (TPSA) is 77.2 Å². The molecular formula is C15H22ClN3O2. The Morgan fingerprint density at radius 1 is 1.57 bits per heavy atom. The summed E-state index contributed by atoms with van der Waals surface area (Å²) in [6.07, 6.45) is 4.92. The number of hydrogen-bond acceptors (Lipinski definition) is 4. The summed E-state index contributed by atoms with van der Waals surface area (Å²) in [6.45, 7) is 4.90. The quantitative estimate of drug-likeness (QED) is 0.896. The van der Waals surface area contributed by atoms with E-state index in [1.54, 1.807) is 0 Å². The number of aromatic nitrogens is 1. The van der Waals surface area contributed by atoms with E-state index in [4.69, 9.17) is 22.1 Å². The largest absolute Gasteiger partial charge is 0.384 e. The van der Waals surface area contributed by atoms with Crippen LogP contribution >= 0.6 is 11.6 Å². The summed E-state index contributed by atoms with van der Waals surface area (Å²) in [5.74, 6) is 0.0788. The number of nitrogens with one attached hydrogen (secondary N) is 1. The number of pyridine rings is 1. The third-order valence-corrected chi connectivity index (χ3v) is 4.54. The normalized spacial score (nSPS) is 21.0. The number of nitrogens with two attached hydrogens (primary N) is 1. The summed E-state index contributed by atoms with van der Waals surface area (Å²) < 4.78 is 5.92. The van der Waals surface area contributed by atoms with Crippen molar-refractivity contribution < 1.29 is 9.53 Å². The zero-order valence-corrected chi connectivity index (χ0v) is 13.2. The van der Waals surface area contributed by atoms with Gasteiger partial charge >= 0.3 is 0 Å². The Kier molecular flexibility index (Phi) is 5.06. The number of carbonyl (C=O) groups excluding carboxylic acids is 1. The monoisotopic (exact) mass is 311 g/mol. The van der Waals surface area contributed by atoms with Crippen LogP contribution in [-0.4, -0.2) is 29.1 Å². The molecule has 1 unspecified atom stereocenters. The number of nitrogens with zero attached hydrogens (tertiary/aromatic N) is 1. The Bertz CT molecular complexity index is 518. The lowest BCUT2D eigenvalue weighted by molar-refractivity contribution is -0.0917. The van der Waals surface area contributed by atoms with E-state index in [9.17, 15) is 4.79 Å². The van der Waals surface area contributed by atoms with Gasteiger partial charge in [-0.15, -0.1) is 0 Å². The van der Waals surface area contributed by atoms with Crippen molar-refractivity contribution in [1.82, 2.24) is 10.3 Å². The average Bonchev–Trinajstić information content (AvgIpc) is 2.49. The van der Waals surface area contributed by atoms with E-state index >= 15 is 0 Å². The van der Waals surface area contributed by atoms with Crippen molar-refractivity contribution in [3.8, 4) is 0 Å². The molecule has 116 valence electrons. The van der Waals surface area contributed by atoms with E-state index < -0.39 is 0 Å². The maximum atomic E-state index is 12.4. The third kappa shape index (κ3) is 3.66. The highest BCUT2D eigenvalue weighted by Gasteiger charge is 2.35. The molecule has 0 radical (unpaired) electrons. The number of rotatable bonds is 4. The molecule has 21 heavy (non-hydrogen) atoms. The summed E-state index contributed by atoms with van der Waals surface area (Å²) in [5, 5.41) is 3.35. The minimum atomic E-state index is -0.206. The molecule has 1 saturated heterocycles. The summed E-state index contributed by atoms with van der Waals surface area (Å²) in [4.78, 5) is 16.2. The zero-order valence-electron chi connectivity index (χ0n) is 12.5. The van der Waals surface area contributed by atoms with Gasteiger partial charge in [-0.25, -0.2) is 4.98 Å². The summed E-state index contributed by atoms with van der Waals surface area (Å²) in [7, 11) is 0. The van der Waals surface area contributed by atoms with Crippen molar-refractivity contribution in [1.29, 1.82) is 0 Å². The van der Waals surface area contributed by atoms with E-state index in [2.05, 4.69) is 24.1 Å². The van der Waals surface area contributed by atoms with Crippen molar-refractivity contribution in [2.24, 2.45) is 0 Å². The predicted octanol–water partition coefficient (Wildman–Crippen LogP) is 2.78. The van der Waals surface area contributed by atoms with Crippen molar-refractivity contribution in [3.05, 3.63) is 22.8 Å². The van der Waals surface area contributed by atoms with Gasteiger partial charge in [0.15, 0.2) is 0 Å². The number of ether oxygens (including phenoxy) is 1. The van der Waals surface area contributed by atoms with Gasteiger partial charge in [-0.1, -0.05) is 25.4 Å². The maximum Gasteiger partial charge on any atom is 0.253 e. The molecule has 5 nitrogen and oxygen atoms in total. The van der Waals surface area contributed by atoms with Crippen LogP contribution in [0.15, 0.2) is 12.3 Å². The van der Waals surface area contributed by atoms with Crippen LogP contribution in [0.1, 0.15) is 49.9 Å². The van der Waals surface area contributed by atoms with Gasteiger partial charge < -0.3 is 15.8 Å². The maximum absolute atomic E-state index is 12.4. The van der Waals surface area contributed by atoms with E-state index in [1.165, 1.54) is 12.3 Å². The molecule has 0 aliphatic carbocycles. The Labute approximate surface area is 130 Å². The SMILES string of the molecule is CCC1(CC)CC(NC(=O)c2cc(N)ncc2Cl)CCO1. The molecule has 0 spiro atoms. The van der Waals surface area contributed by atoms with Crippen LogP contribution in [0, 0.1) is 0 Å². The van der Waals surface area contributed by atoms with E-state index in [0.717, 1.165) is 25.7 Å². The van der Waals surface area contributed by atoms with Crippen LogP contribution in [0.2, 0.25) is 5.02 Å². The standard InChI is InChI=1S/C15H22ClN3O2/c1-3-15(4-2)8-10(5-6-21-15)19-14(20)11-7-13(17)18-9-12(11)16/h7,9-10H,3-6,8H2,1-2H3,(H2,17,18)(H,19,20). The molecule has 1 aliphatic heterocycles. The minimum absolute atomic E-state index is 0.0941. The Morgan fingerprint density at radius 2 is 2.29 bits per heavy atom. The van der Waals surface area contributed by atoms with E-state index in [0.29, 0.717) is 17.2 Å². The highest BCUT2D eigenvalue weighted by molar-refractivity contribution is 6.33. The molecule has 1 aliphatic rings. The van der Waals surface area contributed by atoms with Gasteiger partial charge in [0, 0.05) is 18.8 Å². The fraction of sp³-hybridized carbons (Fsp3) is 0.600. The molecule has 1 aromatic heterocycles. The molecule has 2 heterocycles. The zero-order chi connectivity index (χ0) is 15.5. The Morgan fingerprint density at radius 3 is 2.95 bits per heavy atom. The molecule has 2 rings (SSSR count). The lowest BCUT2D eigenvalue weighted by atomic mass is 9.86. The highest BCUT2D eigenvalue weighted by atomic mass is 35.5. The number of nitrogen functional groups attached to an aromatic ring is 1. The number of hydrogen-bond donors (Lipinski definition) is 2. The first-order valence-electron chi connectivity index (χ1n) is 7.35. The average molecular weight is 312 g/mol. The van der Waals surface area contributed by atoms with Crippen LogP contribution in [0.4, 0.5) is 5.82 Å². The highest BCUT2D eigenvalue weighted by Crippen LogP contribution is 2.31. The van der Waals surface area contributed by atoms with Gasteiger partial charge in [-0.3, -0.25) is 4.79 Å². The van der Waals surface area contributed by atoms with Crippen LogP contribution in [0.25, 0.3) is 0 Å². The van der Waals surface area contributed by atoms with Gasteiger partial charge in [-0.05, 0) is 31.7 Å². The lowest BCUT2D eigenvalue weighted by Gasteiger charge is -2.40. The Balaban J connectivity index is 2.07. The summed E-state index contributed by atoms with van der Waals surface area (Å²) in [6, 6.07) is 1.60. The first-order chi connectivity index (χ1) is 9.99. The first kappa shape index (κ1) is 16.0. The second-order valence-corrected chi connectivity index (χ2v) is 5.90. The van der Waals surface area contributed by atoms with Crippen LogP contribution in [0.5, 0.6) is 0 Å². The number of amides is 1. The van der Waals surface area contributed by atoms with Crippen LogP contribution in [-0.2, 0) is 4.74 Å². The smallest absolute Gasteiger partial charge is 0.253 e. The molecule has 0 aromatic carbocycles. The van der Waals surface area contributed by atoms with Crippen molar-refractivity contribution in [3.63, 3.8) is 0 Å². The molecule has 0 bridgehead atoms. The lowest BCUT2D eigenvalue weighted by Crippen LogP contribution is -2.48. The third-order valence-electron chi connectivity index (χ3n) is 4.24. The van der Waals surface area contributed by atoms with Gasteiger partial charge in [0.1, 0.15) is 5.82 Å². The summed E-state index contributed by atoms with van der Waals surface area (Å²) >= 11 is 6.02. The fourth-order valence-electron chi connectivity index (χ4n) is 2.79. The van der Waals surface area contributed by atoms with Crippen molar-refractivity contribution in [2.45, 2.75) is 51.2 Å². The first-order valence-corrected chi connectivity index (χ1v) is 7.73. The molecule has 1 atom stereocenters. The molecule has 3 N–H and O–H groups in total. The fourth-order valence-corrected chi connectivity index (χ4v) is 2.97. The second-order valence-electron chi connectivity index (χ2n) is 5.49. The van der Waals surface area contributed by atoms with Crippen LogP contribution in [0.3, 0.4) is 0 Å².